The Bertz CT molecular complexity index is 862. The zero-order chi connectivity index (χ0) is 18.5. The van der Waals surface area contributed by atoms with Crippen LogP contribution in [0.25, 0.3) is 11.3 Å². The molecule has 0 fully saturated rings. The van der Waals surface area contributed by atoms with E-state index < -0.39 is 0 Å². The van der Waals surface area contributed by atoms with Crippen LogP contribution in [0.2, 0.25) is 0 Å². The fraction of sp³-hybridized carbons (Fsp3) is 0.350. The van der Waals surface area contributed by atoms with Gasteiger partial charge in [0.25, 0.3) is 0 Å². The third-order valence-corrected chi connectivity index (χ3v) is 3.98. The smallest absolute Gasteiger partial charge is 0.226 e. The molecule has 0 aliphatic rings. The maximum atomic E-state index is 12.0. The molecule has 26 heavy (non-hydrogen) atoms. The summed E-state index contributed by atoms with van der Waals surface area (Å²) in [5.74, 6) is 2.35. The van der Waals surface area contributed by atoms with Gasteiger partial charge in [0.1, 0.15) is 0 Å². The first-order valence-corrected chi connectivity index (χ1v) is 8.83. The number of aromatic nitrogens is 3. The highest BCUT2D eigenvalue weighted by atomic mass is 16.4. The van der Waals surface area contributed by atoms with Crippen molar-refractivity contribution in [1.82, 2.24) is 14.8 Å². The molecule has 0 saturated heterocycles. The molecule has 3 aromatic rings. The summed E-state index contributed by atoms with van der Waals surface area (Å²) in [5, 5.41) is 6.87. The summed E-state index contributed by atoms with van der Waals surface area (Å²) in [6.07, 6.45) is 5.30. The Labute approximate surface area is 153 Å². The number of anilines is 1. The molecule has 3 rings (SSSR count). The molecule has 1 N–H and O–H groups in total. The number of benzene rings is 1. The van der Waals surface area contributed by atoms with Crippen LogP contribution >= 0.6 is 0 Å². The summed E-state index contributed by atoms with van der Waals surface area (Å²) >= 11 is 0. The molecule has 0 aliphatic carbocycles. The van der Waals surface area contributed by atoms with Crippen molar-refractivity contribution in [3.63, 3.8) is 0 Å². The van der Waals surface area contributed by atoms with Crippen LogP contribution in [-0.4, -0.2) is 20.7 Å². The van der Waals surface area contributed by atoms with E-state index in [1.807, 2.05) is 0 Å². The SMILES string of the molecule is CC(C)Cc1ccc(-c2cnc(CCC(=O)Nc3ccn(C)n3)o2)cc1. The average Bonchev–Trinajstić information content (AvgIpc) is 3.22. The van der Waals surface area contributed by atoms with E-state index in [0.717, 1.165) is 17.7 Å². The number of hydrogen-bond acceptors (Lipinski definition) is 4. The molecule has 0 aliphatic heterocycles. The molecule has 0 unspecified atom stereocenters. The van der Waals surface area contributed by atoms with Crippen LogP contribution in [0.1, 0.15) is 31.7 Å². The van der Waals surface area contributed by atoms with Gasteiger partial charge in [-0.05, 0) is 17.9 Å². The van der Waals surface area contributed by atoms with Crippen molar-refractivity contribution in [1.29, 1.82) is 0 Å². The van der Waals surface area contributed by atoms with Gasteiger partial charge in [0, 0.05) is 37.7 Å². The summed E-state index contributed by atoms with van der Waals surface area (Å²) in [6.45, 7) is 4.42. The third-order valence-electron chi connectivity index (χ3n) is 3.98. The Morgan fingerprint density at radius 1 is 1.23 bits per heavy atom. The van der Waals surface area contributed by atoms with Crippen LogP contribution in [-0.2, 0) is 24.7 Å². The lowest BCUT2D eigenvalue weighted by atomic mass is 10.0. The Balaban J connectivity index is 1.55. The molecule has 2 aromatic heterocycles. The van der Waals surface area contributed by atoms with E-state index in [2.05, 4.69) is 53.5 Å². The Morgan fingerprint density at radius 3 is 2.65 bits per heavy atom. The lowest BCUT2D eigenvalue weighted by Crippen LogP contribution is -2.13. The van der Waals surface area contributed by atoms with Crippen molar-refractivity contribution in [3.05, 3.63) is 54.2 Å². The number of nitrogens with zero attached hydrogens (tertiary/aromatic N) is 3. The molecule has 6 nitrogen and oxygen atoms in total. The maximum absolute atomic E-state index is 12.0. The van der Waals surface area contributed by atoms with Crippen molar-refractivity contribution in [3.8, 4) is 11.3 Å². The van der Waals surface area contributed by atoms with Crippen molar-refractivity contribution < 1.29 is 9.21 Å². The number of oxazole rings is 1. The van der Waals surface area contributed by atoms with Gasteiger partial charge in [-0.1, -0.05) is 38.1 Å². The molecule has 0 radical (unpaired) electrons. The topological polar surface area (TPSA) is 73.0 Å². The lowest BCUT2D eigenvalue weighted by Gasteiger charge is -2.05. The first kappa shape index (κ1) is 17.9. The van der Waals surface area contributed by atoms with Gasteiger partial charge in [-0.25, -0.2) is 4.98 Å². The summed E-state index contributed by atoms with van der Waals surface area (Å²) in [5.41, 5.74) is 2.31. The molecular weight excluding hydrogens is 328 g/mol. The van der Waals surface area contributed by atoms with E-state index in [9.17, 15) is 4.79 Å². The van der Waals surface area contributed by atoms with E-state index in [1.165, 1.54) is 5.56 Å². The van der Waals surface area contributed by atoms with Gasteiger partial charge in [0.05, 0.1) is 6.20 Å². The van der Waals surface area contributed by atoms with Crippen LogP contribution in [0.4, 0.5) is 5.82 Å². The van der Waals surface area contributed by atoms with E-state index in [4.69, 9.17) is 4.42 Å². The third kappa shape index (κ3) is 4.81. The lowest BCUT2D eigenvalue weighted by molar-refractivity contribution is -0.116. The number of carbonyl (C=O) groups is 1. The molecule has 0 spiro atoms. The predicted molar refractivity (Wildman–Crippen MR) is 101 cm³/mol. The van der Waals surface area contributed by atoms with E-state index >= 15 is 0 Å². The minimum absolute atomic E-state index is 0.110. The Morgan fingerprint density at radius 2 is 2.00 bits per heavy atom. The molecule has 0 bridgehead atoms. The minimum Gasteiger partial charge on any atom is -0.441 e. The average molecular weight is 352 g/mol. The highest BCUT2D eigenvalue weighted by molar-refractivity contribution is 5.89. The van der Waals surface area contributed by atoms with Gasteiger partial charge in [-0.15, -0.1) is 0 Å². The van der Waals surface area contributed by atoms with Crippen molar-refractivity contribution in [2.24, 2.45) is 13.0 Å². The molecular formula is C20H24N4O2. The summed E-state index contributed by atoms with van der Waals surface area (Å²) in [4.78, 5) is 16.2. The highest BCUT2D eigenvalue weighted by Crippen LogP contribution is 2.22. The fourth-order valence-electron chi connectivity index (χ4n) is 2.74. The van der Waals surface area contributed by atoms with Crippen molar-refractivity contribution in [2.45, 2.75) is 33.1 Å². The number of amides is 1. The zero-order valence-corrected chi connectivity index (χ0v) is 15.4. The summed E-state index contributed by atoms with van der Waals surface area (Å²) < 4.78 is 7.43. The van der Waals surface area contributed by atoms with Crippen molar-refractivity contribution >= 4 is 11.7 Å². The van der Waals surface area contributed by atoms with E-state index in [1.54, 1.807) is 30.2 Å². The Kier molecular flexibility index (Phi) is 5.51. The van der Waals surface area contributed by atoms with Gasteiger partial charge in [-0.3, -0.25) is 9.48 Å². The second-order valence-corrected chi connectivity index (χ2v) is 6.84. The zero-order valence-electron chi connectivity index (χ0n) is 15.4. The quantitative estimate of drug-likeness (QED) is 0.701. The second kappa shape index (κ2) is 7.99. The van der Waals surface area contributed by atoms with E-state index in [-0.39, 0.29) is 5.91 Å². The van der Waals surface area contributed by atoms with Crippen LogP contribution in [0.5, 0.6) is 0 Å². The van der Waals surface area contributed by atoms with Gasteiger partial charge >= 0.3 is 0 Å². The van der Waals surface area contributed by atoms with Crippen LogP contribution in [0, 0.1) is 5.92 Å². The van der Waals surface area contributed by atoms with Gasteiger partial charge < -0.3 is 9.73 Å². The number of carbonyl (C=O) groups excluding carboxylic acids is 1. The van der Waals surface area contributed by atoms with Crippen molar-refractivity contribution in [2.75, 3.05) is 5.32 Å². The number of aryl methyl sites for hydroxylation is 2. The summed E-state index contributed by atoms with van der Waals surface area (Å²) in [7, 11) is 1.80. The molecule has 6 heteroatoms. The highest BCUT2D eigenvalue weighted by Gasteiger charge is 2.10. The normalized spacial score (nSPS) is 11.1. The van der Waals surface area contributed by atoms with Crippen LogP contribution < -0.4 is 5.32 Å². The van der Waals surface area contributed by atoms with Crippen LogP contribution in [0.3, 0.4) is 0 Å². The maximum Gasteiger partial charge on any atom is 0.226 e. The number of nitrogens with one attached hydrogen (secondary N) is 1. The molecule has 0 atom stereocenters. The molecule has 136 valence electrons. The molecule has 1 amide bonds. The summed E-state index contributed by atoms with van der Waals surface area (Å²) in [6, 6.07) is 10.1. The number of hydrogen-bond donors (Lipinski definition) is 1. The van der Waals surface area contributed by atoms with Gasteiger partial charge in [-0.2, -0.15) is 5.10 Å². The molecule has 2 heterocycles. The monoisotopic (exact) mass is 352 g/mol. The Hall–Kier alpha value is -2.89. The number of rotatable bonds is 7. The largest absolute Gasteiger partial charge is 0.441 e. The van der Waals surface area contributed by atoms with E-state index in [0.29, 0.717) is 30.5 Å². The molecule has 1 aromatic carbocycles. The van der Waals surface area contributed by atoms with Gasteiger partial charge in [0.2, 0.25) is 5.91 Å². The fourth-order valence-corrected chi connectivity index (χ4v) is 2.74. The van der Waals surface area contributed by atoms with Gasteiger partial charge in [0.15, 0.2) is 17.5 Å². The van der Waals surface area contributed by atoms with Crippen LogP contribution in [0.15, 0.2) is 47.1 Å². The minimum atomic E-state index is -0.110. The second-order valence-electron chi connectivity index (χ2n) is 6.84. The first-order chi connectivity index (χ1) is 12.5. The standard InChI is InChI=1S/C20H24N4O2/c1-14(2)12-15-4-6-16(7-5-15)17-13-21-20(26-17)9-8-19(25)22-18-10-11-24(3)23-18/h4-7,10-11,13-14H,8-9,12H2,1-3H3,(H,22,23,25). The molecule has 0 saturated carbocycles. The first-order valence-electron chi connectivity index (χ1n) is 8.83. The predicted octanol–water partition coefficient (Wildman–Crippen LogP) is 3.84.